The van der Waals surface area contributed by atoms with Crippen molar-refractivity contribution in [2.45, 2.75) is 39.7 Å². The highest BCUT2D eigenvalue weighted by Crippen LogP contribution is 2.30. The third-order valence-corrected chi connectivity index (χ3v) is 3.97. The zero-order valence-electron chi connectivity index (χ0n) is 11.9. The van der Waals surface area contributed by atoms with Crippen molar-refractivity contribution in [3.05, 3.63) is 40.7 Å². The Morgan fingerprint density at radius 1 is 1.26 bits per heavy atom. The second-order valence-electron chi connectivity index (χ2n) is 6.01. The van der Waals surface area contributed by atoms with Crippen LogP contribution in [0.25, 0.3) is 11.3 Å². The summed E-state index contributed by atoms with van der Waals surface area (Å²) in [4.78, 5) is 4.75. The standard InChI is InChI=1S/C16H22N2S/c1-12(17)9-16(2,3)10-15-18-14(11-19-15)13-7-5-4-6-8-13/h4-8,11-12H,9-10,17H2,1-3H3. The van der Waals surface area contributed by atoms with Gasteiger partial charge in [0.05, 0.1) is 10.7 Å². The smallest absolute Gasteiger partial charge is 0.0937 e. The van der Waals surface area contributed by atoms with E-state index in [1.807, 2.05) is 18.2 Å². The van der Waals surface area contributed by atoms with Gasteiger partial charge < -0.3 is 5.73 Å². The van der Waals surface area contributed by atoms with Gasteiger partial charge in [-0.2, -0.15) is 0 Å². The molecule has 1 aromatic carbocycles. The molecule has 1 heterocycles. The molecule has 2 N–H and O–H groups in total. The molecule has 102 valence electrons. The maximum Gasteiger partial charge on any atom is 0.0937 e. The molecule has 2 nitrogen and oxygen atoms in total. The zero-order chi connectivity index (χ0) is 13.9. The molecule has 0 spiro atoms. The molecule has 0 aliphatic carbocycles. The van der Waals surface area contributed by atoms with Crippen molar-refractivity contribution in [1.82, 2.24) is 4.98 Å². The van der Waals surface area contributed by atoms with Crippen LogP contribution in [0, 0.1) is 5.41 Å². The van der Waals surface area contributed by atoms with Gasteiger partial charge in [-0.15, -0.1) is 11.3 Å². The number of hydrogen-bond acceptors (Lipinski definition) is 3. The van der Waals surface area contributed by atoms with Gasteiger partial charge in [0.25, 0.3) is 0 Å². The van der Waals surface area contributed by atoms with E-state index in [2.05, 4.69) is 38.3 Å². The summed E-state index contributed by atoms with van der Waals surface area (Å²) in [6.07, 6.45) is 2.01. The highest BCUT2D eigenvalue weighted by molar-refractivity contribution is 7.09. The minimum Gasteiger partial charge on any atom is -0.328 e. The van der Waals surface area contributed by atoms with E-state index >= 15 is 0 Å². The van der Waals surface area contributed by atoms with Crippen molar-refractivity contribution >= 4 is 11.3 Å². The Kier molecular flexibility index (Phi) is 4.38. The molecule has 0 saturated carbocycles. The Labute approximate surface area is 119 Å². The number of nitrogens with zero attached hydrogens (tertiary/aromatic N) is 1. The number of benzene rings is 1. The average Bonchev–Trinajstić information content (AvgIpc) is 2.76. The van der Waals surface area contributed by atoms with Gasteiger partial charge in [0.15, 0.2) is 0 Å². The Morgan fingerprint density at radius 2 is 1.95 bits per heavy atom. The van der Waals surface area contributed by atoms with Gasteiger partial charge in [0.2, 0.25) is 0 Å². The zero-order valence-corrected chi connectivity index (χ0v) is 12.7. The van der Waals surface area contributed by atoms with Crippen molar-refractivity contribution in [2.24, 2.45) is 11.1 Å². The monoisotopic (exact) mass is 274 g/mol. The summed E-state index contributed by atoms with van der Waals surface area (Å²) in [5, 5.41) is 3.34. The molecule has 1 aromatic heterocycles. The SMILES string of the molecule is CC(N)CC(C)(C)Cc1nc(-c2ccccc2)cs1. The maximum atomic E-state index is 5.91. The first kappa shape index (κ1) is 14.2. The quantitative estimate of drug-likeness (QED) is 0.891. The summed E-state index contributed by atoms with van der Waals surface area (Å²) in [5.41, 5.74) is 8.39. The van der Waals surface area contributed by atoms with E-state index < -0.39 is 0 Å². The average molecular weight is 274 g/mol. The van der Waals surface area contributed by atoms with Crippen molar-refractivity contribution in [2.75, 3.05) is 0 Å². The number of rotatable bonds is 5. The van der Waals surface area contributed by atoms with Gasteiger partial charge in [0, 0.05) is 23.4 Å². The van der Waals surface area contributed by atoms with Crippen molar-refractivity contribution in [1.29, 1.82) is 0 Å². The van der Waals surface area contributed by atoms with Crippen LogP contribution in [0.5, 0.6) is 0 Å². The number of nitrogens with two attached hydrogens (primary N) is 1. The highest BCUT2D eigenvalue weighted by Gasteiger charge is 2.22. The molecule has 0 amide bonds. The van der Waals surface area contributed by atoms with Gasteiger partial charge in [-0.1, -0.05) is 44.2 Å². The van der Waals surface area contributed by atoms with Crippen LogP contribution in [-0.2, 0) is 6.42 Å². The summed E-state index contributed by atoms with van der Waals surface area (Å²) in [7, 11) is 0. The Hall–Kier alpha value is -1.19. The summed E-state index contributed by atoms with van der Waals surface area (Å²) < 4.78 is 0. The predicted octanol–water partition coefficient (Wildman–Crippen LogP) is 4.12. The summed E-state index contributed by atoms with van der Waals surface area (Å²) in [5.74, 6) is 0. The molecule has 0 aliphatic rings. The topological polar surface area (TPSA) is 38.9 Å². The van der Waals surface area contributed by atoms with Crippen LogP contribution < -0.4 is 5.73 Å². The van der Waals surface area contributed by atoms with Crippen LogP contribution in [0.4, 0.5) is 0 Å². The molecule has 0 saturated heterocycles. The van der Waals surface area contributed by atoms with Gasteiger partial charge >= 0.3 is 0 Å². The number of aromatic nitrogens is 1. The summed E-state index contributed by atoms with van der Waals surface area (Å²) in [6.45, 7) is 6.60. The minimum absolute atomic E-state index is 0.208. The van der Waals surface area contributed by atoms with Crippen LogP contribution in [-0.4, -0.2) is 11.0 Å². The molecular weight excluding hydrogens is 252 g/mol. The molecule has 1 unspecified atom stereocenters. The van der Waals surface area contributed by atoms with Gasteiger partial charge in [0.1, 0.15) is 0 Å². The molecule has 0 aliphatic heterocycles. The second kappa shape index (κ2) is 5.85. The van der Waals surface area contributed by atoms with E-state index in [0.29, 0.717) is 0 Å². The number of thiazole rings is 1. The van der Waals surface area contributed by atoms with E-state index in [4.69, 9.17) is 10.7 Å². The fraction of sp³-hybridized carbons (Fsp3) is 0.438. The fourth-order valence-corrected chi connectivity index (χ4v) is 3.55. The third kappa shape index (κ3) is 4.15. The van der Waals surface area contributed by atoms with E-state index in [1.165, 1.54) is 10.6 Å². The maximum absolute atomic E-state index is 5.91. The lowest BCUT2D eigenvalue weighted by atomic mass is 9.83. The Balaban J connectivity index is 2.10. The van der Waals surface area contributed by atoms with Crippen molar-refractivity contribution in [3.8, 4) is 11.3 Å². The normalized spacial score (nSPS) is 13.5. The summed E-state index contributed by atoms with van der Waals surface area (Å²) >= 11 is 1.75. The number of hydrogen-bond donors (Lipinski definition) is 1. The van der Waals surface area contributed by atoms with Crippen LogP contribution in [0.15, 0.2) is 35.7 Å². The van der Waals surface area contributed by atoms with E-state index in [0.717, 1.165) is 18.5 Å². The first-order valence-corrected chi connectivity index (χ1v) is 7.60. The lowest BCUT2D eigenvalue weighted by molar-refractivity contribution is 0.309. The van der Waals surface area contributed by atoms with E-state index in [9.17, 15) is 0 Å². The van der Waals surface area contributed by atoms with Crippen molar-refractivity contribution < 1.29 is 0 Å². The first-order chi connectivity index (χ1) is 8.96. The van der Waals surface area contributed by atoms with Crippen molar-refractivity contribution in [3.63, 3.8) is 0 Å². The van der Waals surface area contributed by atoms with E-state index in [-0.39, 0.29) is 11.5 Å². The Bertz CT molecular complexity index is 515. The molecular formula is C16H22N2S. The van der Waals surface area contributed by atoms with Crippen LogP contribution >= 0.6 is 11.3 Å². The highest BCUT2D eigenvalue weighted by atomic mass is 32.1. The molecule has 3 heteroatoms. The minimum atomic E-state index is 0.208. The summed E-state index contributed by atoms with van der Waals surface area (Å²) in [6, 6.07) is 10.6. The molecule has 19 heavy (non-hydrogen) atoms. The lowest BCUT2D eigenvalue weighted by Gasteiger charge is -2.25. The molecule has 2 aromatic rings. The van der Waals surface area contributed by atoms with Gasteiger partial charge in [-0.25, -0.2) is 4.98 Å². The third-order valence-electron chi connectivity index (χ3n) is 3.13. The van der Waals surface area contributed by atoms with Crippen LogP contribution in [0.2, 0.25) is 0 Å². The van der Waals surface area contributed by atoms with Crippen LogP contribution in [0.1, 0.15) is 32.2 Å². The first-order valence-electron chi connectivity index (χ1n) is 6.72. The molecule has 0 radical (unpaired) electrons. The fourth-order valence-electron chi connectivity index (χ4n) is 2.49. The molecule has 0 bridgehead atoms. The second-order valence-corrected chi connectivity index (χ2v) is 6.96. The van der Waals surface area contributed by atoms with Crippen LogP contribution in [0.3, 0.4) is 0 Å². The van der Waals surface area contributed by atoms with E-state index in [1.54, 1.807) is 11.3 Å². The van der Waals surface area contributed by atoms with Gasteiger partial charge in [-0.3, -0.25) is 0 Å². The molecule has 2 rings (SSSR count). The Morgan fingerprint density at radius 3 is 2.58 bits per heavy atom. The molecule has 1 atom stereocenters. The lowest BCUT2D eigenvalue weighted by Crippen LogP contribution is -2.26. The largest absolute Gasteiger partial charge is 0.328 e. The molecule has 0 fully saturated rings. The van der Waals surface area contributed by atoms with Gasteiger partial charge in [-0.05, 0) is 18.8 Å². The predicted molar refractivity (Wildman–Crippen MR) is 83.3 cm³/mol.